The second-order valence-electron chi connectivity index (χ2n) is 5.52. The number of hydrogen-bond acceptors (Lipinski definition) is 3. The van der Waals surface area contributed by atoms with Gasteiger partial charge in [0.1, 0.15) is 0 Å². The topological polar surface area (TPSA) is 71.0 Å². The Hall–Kier alpha value is -2.14. The minimum Gasteiger partial charge on any atom is -0.361 e. The van der Waals surface area contributed by atoms with Gasteiger partial charge in [0.25, 0.3) is 5.69 Å². The standard InChI is InChI=1S/C16H19N3O2/c1-2-3-12-8-11(6-7-17-12)15-10-18-16-5-4-13(19(20)21)9-14(15)16/h4-6,9-10,12,17-18H,2-3,7-8H2,1H3. The van der Waals surface area contributed by atoms with Crippen LogP contribution >= 0.6 is 0 Å². The Morgan fingerprint density at radius 3 is 3.05 bits per heavy atom. The van der Waals surface area contributed by atoms with Gasteiger partial charge in [-0.15, -0.1) is 0 Å². The van der Waals surface area contributed by atoms with Gasteiger partial charge in [-0.1, -0.05) is 19.4 Å². The van der Waals surface area contributed by atoms with Crippen molar-refractivity contribution in [3.05, 3.63) is 46.1 Å². The van der Waals surface area contributed by atoms with Crippen LogP contribution in [0.4, 0.5) is 5.69 Å². The smallest absolute Gasteiger partial charge is 0.270 e. The molecule has 3 rings (SSSR count). The van der Waals surface area contributed by atoms with E-state index < -0.39 is 0 Å². The number of nitro groups is 1. The lowest BCUT2D eigenvalue weighted by molar-refractivity contribution is -0.384. The zero-order valence-corrected chi connectivity index (χ0v) is 12.1. The molecule has 0 spiro atoms. The molecule has 0 amide bonds. The summed E-state index contributed by atoms with van der Waals surface area (Å²) >= 11 is 0. The molecule has 1 aliphatic heterocycles. The minimum atomic E-state index is -0.340. The number of H-pyrrole nitrogens is 1. The molecule has 21 heavy (non-hydrogen) atoms. The lowest BCUT2D eigenvalue weighted by atomic mass is 9.93. The Labute approximate surface area is 123 Å². The van der Waals surface area contributed by atoms with E-state index in [2.05, 4.69) is 23.3 Å². The van der Waals surface area contributed by atoms with Gasteiger partial charge in [0, 0.05) is 47.4 Å². The molecule has 0 fully saturated rings. The Kier molecular flexibility index (Phi) is 3.75. The third-order valence-corrected chi connectivity index (χ3v) is 4.08. The van der Waals surface area contributed by atoms with Gasteiger partial charge in [0.2, 0.25) is 0 Å². The Balaban J connectivity index is 1.98. The van der Waals surface area contributed by atoms with Crippen LogP contribution in [-0.2, 0) is 0 Å². The predicted octanol–water partition coefficient (Wildman–Crippen LogP) is 3.62. The Morgan fingerprint density at radius 1 is 1.43 bits per heavy atom. The van der Waals surface area contributed by atoms with Crippen molar-refractivity contribution >= 4 is 22.2 Å². The van der Waals surface area contributed by atoms with E-state index in [0.717, 1.165) is 42.3 Å². The average molecular weight is 285 g/mol. The van der Waals surface area contributed by atoms with Crippen molar-refractivity contribution in [3.8, 4) is 0 Å². The summed E-state index contributed by atoms with van der Waals surface area (Å²) in [5.74, 6) is 0. The van der Waals surface area contributed by atoms with Crippen molar-refractivity contribution in [1.82, 2.24) is 10.3 Å². The van der Waals surface area contributed by atoms with Gasteiger partial charge < -0.3 is 10.3 Å². The third kappa shape index (κ3) is 2.69. The van der Waals surface area contributed by atoms with Crippen LogP contribution < -0.4 is 5.32 Å². The van der Waals surface area contributed by atoms with Crippen molar-refractivity contribution in [2.75, 3.05) is 6.54 Å². The van der Waals surface area contributed by atoms with Crippen molar-refractivity contribution in [1.29, 1.82) is 0 Å². The van der Waals surface area contributed by atoms with E-state index >= 15 is 0 Å². The average Bonchev–Trinajstić information content (AvgIpc) is 2.90. The molecule has 1 atom stereocenters. The van der Waals surface area contributed by atoms with Crippen molar-refractivity contribution < 1.29 is 4.92 Å². The molecular weight excluding hydrogens is 266 g/mol. The number of nitrogens with zero attached hydrogens (tertiary/aromatic N) is 1. The van der Waals surface area contributed by atoms with Crippen molar-refractivity contribution in [2.24, 2.45) is 0 Å². The van der Waals surface area contributed by atoms with Crippen LogP contribution in [0, 0.1) is 10.1 Å². The van der Waals surface area contributed by atoms with Gasteiger partial charge >= 0.3 is 0 Å². The van der Waals surface area contributed by atoms with Crippen molar-refractivity contribution in [2.45, 2.75) is 32.2 Å². The number of aromatic nitrogens is 1. The normalized spacial score (nSPS) is 18.7. The summed E-state index contributed by atoms with van der Waals surface area (Å²) in [6, 6.07) is 5.49. The van der Waals surface area contributed by atoms with Gasteiger partial charge in [-0.2, -0.15) is 0 Å². The number of fused-ring (bicyclic) bond motifs is 1. The molecule has 2 N–H and O–H groups in total. The van der Waals surface area contributed by atoms with E-state index in [9.17, 15) is 10.1 Å². The number of hydrogen-bond donors (Lipinski definition) is 2. The van der Waals surface area contributed by atoms with Crippen LogP contribution in [0.15, 0.2) is 30.5 Å². The molecule has 1 aromatic carbocycles. The molecule has 0 saturated carbocycles. The first-order valence-corrected chi connectivity index (χ1v) is 7.37. The highest BCUT2D eigenvalue weighted by Gasteiger charge is 2.18. The molecule has 0 radical (unpaired) electrons. The first-order valence-electron chi connectivity index (χ1n) is 7.37. The van der Waals surface area contributed by atoms with Crippen LogP contribution in [0.3, 0.4) is 0 Å². The van der Waals surface area contributed by atoms with E-state index in [1.807, 2.05) is 6.20 Å². The fourth-order valence-corrected chi connectivity index (χ4v) is 3.03. The van der Waals surface area contributed by atoms with Crippen LogP contribution in [0.25, 0.3) is 16.5 Å². The van der Waals surface area contributed by atoms with E-state index in [1.165, 1.54) is 5.57 Å². The van der Waals surface area contributed by atoms with Gasteiger partial charge in [0.05, 0.1) is 4.92 Å². The Bertz CT molecular complexity index is 703. The number of aromatic amines is 1. The highest BCUT2D eigenvalue weighted by molar-refractivity contribution is 5.94. The van der Waals surface area contributed by atoms with E-state index in [1.54, 1.807) is 18.2 Å². The minimum absolute atomic E-state index is 0.142. The maximum atomic E-state index is 11.0. The highest BCUT2D eigenvalue weighted by atomic mass is 16.6. The predicted molar refractivity (Wildman–Crippen MR) is 84.2 cm³/mol. The number of benzene rings is 1. The maximum absolute atomic E-state index is 11.0. The van der Waals surface area contributed by atoms with E-state index in [0.29, 0.717) is 6.04 Å². The number of non-ortho nitro benzene ring substituents is 1. The third-order valence-electron chi connectivity index (χ3n) is 4.08. The lowest BCUT2D eigenvalue weighted by Gasteiger charge is -2.23. The fourth-order valence-electron chi connectivity index (χ4n) is 3.03. The molecule has 1 unspecified atom stereocenters. The van der Waals surface area contributed by atoms with E-state index in [-0.39, 0.29) is 10.6 Å². The first-order chi connectivity index (χ1) is 10.2. The summed E-state index contributed by atoms with van der Waals surface area (Å²) in [6.45, 7) is 3.05. The number of nitrogens with one attached hydrogen (secondary N) is 2. The molecule has 0 saturated heterocycles. The quantitative estimate of drug-likeness (QED) is 0.665. The molecule has 5 nitrogen and oxygen atoms in total. The lowest BCUT2D eigenvalue weighted by Crippen LogP contribution is -2.32. The zero-order chi connectivity index (χ0) is 14.8. The summed E-state index contributed by atoms with van der Waals surface area (Å²) in [7, 11) is 0. The Morgan fingerprint density at radius 2 is 2.29 bits per heavy atom. The molecule has 0 aliphatic carbocycles. The summed E-state index contributed by atoms with van der Waals surface area (Å²) in [6.07, 6.45) is 7.44. The maximum Gasteiger partial charge on any atom is 0.270 e. The molecule has 1 aliphatic rings. The zero-order valence-electron chi connectivity index (χ0n) is 12.1. The highest BCUT2D eigenvalue weighted by Crippen LogP contribution is 2.32. The second kappa shape index (κ2) is 5.69. The molecular formula is C16H19N3O2. The van der Waals surface area contributed by atoms with Crippen molar-refractivity contribution in [3.63, 3.8) is 0 Å². The van der Waals surface area contributed by atoms with Crippen LogP contribution in [0.1, 0.15) is 31.7 Å². The van der Waals surface area contributed by atoms with Gasteiger partial charge in [-0.3, -0.25) is 10.1 Å². The summed E-state index contributed by atoms with van der Waals surface area (Å²) in [5.41, 5.74) is 3.46. The largest absolute Gasteiger partial charge is 0.361 e. The number of rotatable bonds is 4. The first kappa shape index (κ1) is 13.8. The fraction of sp³-hybridized carbons (Fsp3) is 0.375. The van der Waals surface area contributed by atoms with Crippen LogP contribution in [0.2, 0.25) is 0 Å². The van der Waals surface area contributed by atoms with Crippen LogP contribution in [0.5, 0.6) is 0 Å². The summed E-state index contributed by atoms with van der Waals surface area (Å²) in [4.78, 5) is 13.8. The summed E-state index contributed by atoms with van der Waals surface area (Å²) in [5, 5.41) is 15.4. The van der Waals surface area contributed by atoms with Crippen LogP contribution in [-0.4, -0.2) is 22.5 Å². The van der Waals surface area contributed by atoms with Gasteiger partial charge in [-0.05, 0) is 24.5 Å². The molecule has 5 heteroatoms. The monoisotopic (exact) mass is 285 g/mol. The molecule has 110 valence electrons. The van der Waals surface area contributed by atoms with Gasteiger partial charge in [-0.25, -0.2) is 0 Å². The molecule has 2 heterocycles. The molecule has 1 aromatic heterocycles. The molecule has 2 aromatic rings. The van der Waals surface area contributed by atoms with E-state index in [4.69, 9.17) is 0 Å². The summed E-state index contributed by atoms with van der Waals surface area (Å²) < 4.78 is 0. The van der Waals surface area contributed by atoms with Gasteiger partial charge in [0.15, 0.2) is 0 Å². The second-order valence-corrected chi connectivity index (χ2v) is 5.52. The molecule has 0 bridgehead atoms. The number of nitro benzene ring substituents is 1. The SMILES string of the molecule is CCCC1CC(c2c[nH]c3ccc([N+](=O)[O-])cc23)=CCN1.